The van der Waals surface area contributed by atoms with E-state index in [2.05, 4.69) is 15.5 Å². The van der Waals surface area contributed by atoms with Gasteiger partial charge in [-0.05, 0) is 30.7 Å². The van der Waals surface area contributed by atoms with E-state index in [1.54, 1.807) is 23.1 Å². The molecule has 27 heavy (non-hydrogen) atoms. The maximum absolute atomic E-state index is 12.8. The first kappa shape index (κ1) is 18.7. The molecule has 3 rings (SSSR count). The molecule has 0 fully saturated rings. The minimum Gasteiger partial charge on any atom is -0.323 e. The summed E-state index contributed by atoms with van der Waals surface area (Å²) in [6.07, 6.45) is 0.584. The van der Waals surface area contributed by atoms with Crippen LogP contribution in [0.2, 0.25) is 0 Å². The second-order valence-corrected chi connectivity index (χ2v) is 6.12. The number of amides is 1. The van der Waals surface area contributed by atoms with Gasteiger partial charge in [0, 0.05) is 31.1 Å². The van der Waals surface area contributed by atoms with Gasteiger partial charge in [0.1, 0.15) is 0 Å². The Morgan fingerprint density at radius 3 is 2.74 bits per heavy atom. The van der Waals surface area contributed by atoms with Gasteiger partial charge in [-0.3, -0.25) is 14.2 Å². The van der Waals surface area contributed by atoms with Crippen molar-refractivity contribution in [1.29, 1.82) is 0 Å². The number of nitrogens with zero attached hydrogens (tertiary/aromatic N) is 4. The van der Waals surface area contributed by atoms with Gasteiger partial charge in [0.05, 0.1) is 24.0 Å². The van der Waals surface area contributed by atoms with Crippen LogP contribution in [0, 0.1) is 6.92 Å². The van der Waals surface area contributed by atoms with E-state index in [1.165, 1.54) is 16.9 Å². The number of hydrogen-bond acceptors (Lipinski definition) is 3. The lowest BCUT2D eigenvalue weighted by Gasteiger charge is -2.08. The van der Waals surface area contributed by atoms with Crippen LogP contribution in [0.5, 0.6) is 0 Å². The Hall–Kier alpha value is -3.10. The molecule has 0 bridgehead atoms. The maximum Gasteiger partial charge on any atom is 0.416 e. The van der Waals surface area contributed by atoms with Gasteiger partial charge in [-0.25, -0.2) is 0 Å². The molecule has 0 saturated heterocycles. The molecule has 1 N–H and O–H groups in total. The molecule has 0 unspecified atom stereocenters. The fourth-order valence-electron chi connectivity index (χ4n) is 2.61. The average Bonchev–Trinajstić information content (AvgIpc) is 3.21. The average molecular weight is 377 g/mol. The van der Waals surface area contributed by atoms with Crippen LogP contribution in [0.1, 0.15) is 23.2 Å². The van der Waals surface area contributed by atoms with Crippen molar-refractivity contribution in [1.82, 2.24) is 19.6 Å². The van der Waals surface area contributed by atoms with Crippen LogP contribution in [0.4, 0.5) is 18.9 Å². The molecule has 2 aromatic heterocycles. The van der Waals surface area contributed by atoms with E-state index in [-0.39, 0.29) is 18.9 Å². The van der Waals surface area contributed by atoms with Gasteiger partial charge < -0.3 is 5.32 Å². The summed E-state index contributed by atoms with van der Waals surface area (Å²) in [5, 5.41) is 10.9. The number of aryl methyl sites for hydroxylation is 2. The van der Waals surface area contributed by atoms with Crippen molar-refractivity contribution in [3.05, 3.63) is 65.7 Å². The van der Waals surface area contributed by atoms with E-state index >= 15 is 0 Å². The van der Waals surface area contributed by atoms with E-state index in [4.69, 9.17) is 0 Å². The summed E-state index contributed by atoms with van der Waals surface area (Å²) in [5.41, 5.74) is 1.23. The zero-order valence-corrected chi connectivity index (χ0v) is 14.6. The summed E-state index contributed by atoms with van der Waals surface area (Å²) in [6.45, 7) is 2.54. The number of nitrogens with one attached hydrogen (secondary N) is 1. The highest BCUT2D eigenvalue weighted by Gasteiger charge is 2.30. The summed E-state index contributed by atoms with van der Waals surface area (Å²) in [5.74, 6) is -0.191. The molecule has 3 aromatic rings. The van der Waals surface area contributed by atoms with Gasteiger partial charge in [-0.1, -0.05) is 12.1 Å². The predicted molar refractivity (Wildman–Crippen MR) is 93.0 cm³/mol. The van der Waals surface area contributed by atoms with Crippen molar-refractivity contribution < 1.29 is 18.0 Å². The molecule has 0 saturated carbocycles. The number of aromatic nitrogens is 4. The minimum atomic E-state index is -4.38. The summed E-state index contributed by atoms with van der Waals surface area (Å²) in [6, 6.07) is 6.94. The quantitative estimate of drug-likeness (QED) is 0.715. The van der Waals surface area contributed by atoms with Gasteiger partial charge >= 0.3 is 6.18 Å². The Balaban J connectivity index is 1.57. The van der Waals surface area contributed by atoms with Crippen molar-refractivity contribution in [3.8, 4) is 0 Å². The molecule has 0 radical (unpaired) electrons. The molecule has 1 amide bonds. The number of alkyl halides is 3. The van der Waals surface area contributed by atoms with Crippen LogP contribution in [0.15, 0.2) is 48.9 Å². The monoisotopic (exact) mass is 377 g/mol. The third kappa shape index (κ3) is 4.96. The molecule has 0 aliphatic rings. The van der Waals surface area contributed by atoms with Crippen molar-refractivity contribution in [3.63, 3.8) is 0 Å². The Morgan fingerprint density at radius 2 is 2.04 bits per heavy atom. The molecule has 2 heterocycles. The first-order chi connectivity index (χ1) is 12.8. The Morgan fingerprint density at radius 1 is 1.22 bits per heavy atom. The Kier molecular flexibility index (Phi) is 5.29. The molecule has 0 atom stereocenters. The van der Waals surface area contributed by atoms with Crippen LogP contribution in [0.25, 0.3) is 0 Å². The van der Waals surface area contributed by atoms with E-state index in [9.17, 15) is 18.0 Å². The SMILES string of the molecule is Cc1ccnn1CCC(=O)Nc1cnn(Cc2cccc(C(F)(F)F)c2)c1. The lowest BCUT2D eigenvalue weighted by Crippen LogP contribution is -2.15. The molecular weight excluding hydrogens is 359 g/mol. The zero-order valence-electron chi connectivity index (χ0n) is 14.6. The van der Waals surface area contributed by atoms with Crippen LogP contribution >= 0.6 is 0 Å². The highest BCUT2D eigenvalue weighted by Crippen LogP contribution is 2.29. The molecule has 0 aliphatic heterocycles. The lowest BCUT2D eigenvalue weighted by molar-refractivity contribution is -0.137. The topological polar surface area (TPSA) is 64.7 Å². The second-order valence-electron chi connectivity index (χ2n) is 6.12. The normalized spacial score (nSPS) is 11.6. The predicted octanol–water partition coefficient (Wildman–Crippen LogP) is 3.48. The molecule has 0 aliphatic carbocycles. The number of carbonyl (C=O) groups excluding carboxylic acids is 1. The van der Waals surface area contributed by atoms with Gasteiger partial charge in [0.25, 0.3) is 0 Å². The highest BCUT2D eigenvalue weighted by atomic mass is 19.4. The van der Waals surface area contributed by atoms with Gasteiger partial charge in [-0.2, -0.15) is 23.4 Å². The van der Waals surface area contributed by atoms with Crippen LogP contribution in [-0.4, -0.2) is 25.5 Å². The maximum atomic E-state index is 12.8. The minimum absolute atomic E-state index is 0.173. The van der Waals surface area contributed by atoms with E-state index < -0.39 is 11.7 Å². The largest absolute Gasteiger partial charge is 0.416 e. The molecular formula is C18H18F3N5O. The third-order valence-electron chi connectivity index (χ3n) is 4.00. The van der Waals surface area contributed by atoms with E-state index in [0.29, 0.717) is 17.8 Å². The Bertz CT molecular complexity index is 929. The fourth-order valence-corrected chi connectivity index (χ4v) is 2.61. The molecule has 6 nitrogen and oxygen atoms in total. The van der Waals surface area contributed by atoms with Crippen LogP contribution in [-0.2, 0) is 24.1 Å². The number of rotatable bonds is 6. The Labute approximate surface area is 153 Å². The second kappa shape index (κ2) is 7.65. The smallest absolute Gasteiger partial charge is 0.323 e. The number of carbonyl (C=O) groups is 1. The van der Waals surface area contributed by atoms with Crippen molar-refractivity contribution in [2.45, 2.75) is 32.6 Å². The number of hydrogen-bond donors (Lipinski definition) is 1. The molecule has 1 aromatic carbocycles. The number of benzene rings is 1. The van der Waals surface area contributed by atoms with Gasteiger partial charge in [0.2, 0.25) is 5.91 Å². The number of anilines is 1. The lowest BCUT2D eigenvalue weighted by atomic mass is 10.1. The van der Waals surface area contributed by atoms with Crippen LogP contribution in [0.3, 0.4) is 0 Å². The van der Waals surface area contributed by atoms with Gasteiger partial charge in [-0.15, -0.1) is 0 Å². The molecule has 142 valence electrons. The summed E-state index contributed by atoms with van der Waals surface area (Å²) < 4.78 is 41.5. The first-order valence-electron chi connectivity index (χ1n) is 8.28. The standard InChI is InChI=1S/C18H18F3N5O/c1-13-5-7-22-26(13)8-6-17(27)24-16-10-23-25(12-16)11-14-3-2-4-15(9-14)18(19,20)21/h2-5,7,9-10,12H,6,8,11H2,1H3,(H,24,27). The fraction of sp³-hybridized carbons (Fsp3) is 0.278. The molecule has 0 spiro atoms. The summed E-state index contributed by atoms with van der Waals surface area (Å²) in [7, 11) is 0. The van der Waals surface area contributed by atoms with Crippen molar-refractivity contribution in [2.24, 2.45) is 0 Å². The third-order valence-corrected chi connectivity index (χ3v) is 4.00. The van der Waals surface area contributed by atoms with Crippen molar-refractivity contribution >= 4 is 11.6 Å². The van der Waals surface area contributed by atoms with E-state index in [1.807, 2.05) is 13.0 Å². The highest BCUT2D eigenvalue weighted by molar-refractivity contribution is 5.90. The molecule has 9 heteroatoms. The first-order valence-corrected chi connectivity index (χ1v) is 8.28. The summed E-state index contributed by atoms with van der Waals surface area (Å²) >= 11 is 0. The van der Waals surface area contributed by atoms with Crippen LogP contribution < -0.4 is 5.32 Å². The zero-order chi connectivity index (χ0) is 19.4. The van der Waals surface area contributed by atoms with E-state index in [0.717, 1.165) is 17.8 Å². The number of halogens is 3. The van der Waals surface area contributed by atoms with Gasteiger partial charge in [0.15, 0.2) is 0 Å². The summed E-state index contributed by atoms with van der Waals surface area (Å²) in [4.78, 5) is 12.0. The van der Waals surface area contributed by atoms with Crippen molar-refractivity contribution in [2.75, 3.05) is 5.32 Å².